The summed E-state index contributed by atoms with van der Waals surface area (Å²) in [6.45, 7) is 3.09. The normalized spacial score (nSPS) is 19.2. The first-order chi connectivity index (χ1) is 11.0. The number of ether oxygens (including phenoxy) is 1. The van der Waals surface area contributed by atoms with Gasteiger partial charge in [-0.2, -0.15) is 0 Å². The van der Waals surface area contributed by atoms with E-state index in [1.54, 1.807) is 23.8 Å². The number of hydrogen-bond acceptors (Lipinski definition) is 4. The minimum atomic E-state index is -0.306. The highest BCUT2D eigenvalue weighted by molar-refractivity contribution is 7.99. The molecule has 2 atom stereocenters. The zero-order valence-electron chi connectivity index (χ0n) is 13.7. The van der Waals surface area contributed by atoms with Crippen LogP contribution in [0.3, 0.4) is 0 Å². The molecule has 1 aliphatic rings. The van der Waals surface area contributed by atoms with E-state index in [4.69, 9.17) is 10.5 Å². The number of thioether (sulfide) groups is 1. The standard InChI is InChI=1S/C17H24N2O3S/c1-12(23-11-13-5-3-7-15(9-13)22-2)17(21)19-8-4-6-14(10-19)16(18)20/h3,5,7,9,12,14H,4,6,8,10-11H2,1-2H3,(H2,18,20). The van der Waals surface area contributed by atoms with E-state index < -0.39 is 0 Å². The van der Waals surface area contributed by atoms with E-state index in [0.717, 1.165) is 29.9 Å². The molecule has 2 unspecified atom stereocenters. The van der Waals surface area contributed by atoms with Crippen LogP contribution in [0, 0.1) is 5.92 Å². The molecule has 2 amide bonds. The van der Waals surface area contributed by atoms with Crippen molar-refractivity contribution < 1.29 is 14.3 Å². The second kappa shape index (κ2) is 8.24. The molecule has 23 heavy (non-hydrogen) atoms. The Bertz CT molecular complexity index is 565. The highest BCUT2D eigenvalue weighted by atomic mass is 32.2. The van der Waals surface area contributed by atoms with Crippen LogP contribution in [0.2, 0.25) is 0 Å². The Hall–Kier alpha value is -1.69. The average molecular weight is 336 g/mol. The van der Waals surface area contributed by atoms with Crippen LogP contribution < -0.4 is 10.5 Å². The van der Waals surface area contributed by atoms with Gasteiger partial charge in [0.1, 0.15) is 5.75 Å². The van der Waals surface area contributed by atoms with Gasteiger partial charge in [-0.25, -0.2) is 0 Å². The fourth-order valence-electron chi connectivity index (χ4n) is 2.72. The molecule has 6 heteroatoms. The van der Waals surface area contributed by atoms with Crippen LogP contribution in [0.1, 0.15) is 25.3 Å². The first-order valence-corrected chi connectivity index (χ1v) is 8.88. The molecule has 5 nitrogen and oxygen atoms in total. The summed E-state index contributed by atoms with van der Waals surface area (Å²) in [5.41, 5.74) is 6.50. The van der Waals surface area contributed by atoms with E-state index in [1.807, 2.05) is 31.2 Å². The van der Waals surface area contributed by atoms with Gasteiger partial charge in [-0.1, -0.05) is 12.1 Å². The molecule has 1 aromatic rings. The molecule has 0 radical (unpaired) electrons. The molecular weight excluding hydrogens is 312 g/mol. The number of carbonyl (C=O) groups excluding carboxylic acids is 2. The largest absolute Gasteiger partial charge is 0.497 e. The first-order valence-electron chi connectivity index (χ1n) is 7.84. The SMILES string of the molecule is COc1cccc(CSC(C)C(=O)N2CCCC(C(N)=O)C2)c1. The van der Waals surface area contributed by atoms with Crippen molar-refractivity contribution in [2.45, 2.75) is 30.8 Å². The summed E-state index contributed by atoms with van der Waals surface area (Å²) < 4.78 is 5.21. The molecule has 1 aromatic carbocycles. The molecule has 0 aliphatic carbocycles. The summed E-state index contributed by atoms with van der Waals surface area (Å²) in [7, 11) is 1.64. The fraction of sp³-hybridized carbons (Fsp3) is 0.529. The Morgan fingerprint density at radius 3 is 2.96 bits per heavy atom. The maximum absolute atomic E-state index is 12.5. The molecule has 1 fully saturated rings. The lowest BCUT2D eigenvalue weighted by molar-refractivity contribution is -0.134. The molecule has 0 bridgehead atoms. The summed E-state index contributed by atoms with van der Waals surface area (Å²) in [4.78, 5) is 25.6. The molecular formula is C17H24N2O3S. The van der Waals surface area contributed by atoms with Gasteiger partial charge in [0.2, 0.25) is 11.8 Å². The maximum Gasteiger partial charge on any atom is 0.235 e. The number of benzene rings is 1. The monoisotopic (exact) mass is 336 g/mol. The number of rotatable bonds is 6. The van der Waals surface area contributed by atoms with E-state index in [2.05, 4.69) is 0 Å². The third kappa shape index (κ3) is 4.89. The van der Waals surface area contributed by atoms with Crippen LogP contribution in [0.15, 0.2) is 24.3 Å². The predicted molar refractivity (Wildman–Crippen MR) is 92.2 cm³/mol. The van der Waals surface area contributed by atoms with Gasteiger partial charge >= 0.3 is 0 Å². The molecule has 1 saturated heterocycles. The van der Waals surface area contributed by atoms with Crippen molar-refractivity contribution in [3.05, 3.63) is 29.8 Å². The smallest absolute Gasteiger partial charge is 0.235 e. The Balaban J connectivity index is 1.88. The second-order valence-electron chi connectivity index (χ2n) is 5.83. The zero-order valence-corrected chi connectivity index (χ0v) is 14.5. The van der Waals surface area contributed by atoms with Gasteiger partial charge in [-0.3, -0.25) is 9.59 Å². The van der Waals surface area contributed by atoms with Crippen LogP contribution in [0.5, 0.6) is 5.75 Å². The number of primary amides is 1. The van der Waals surface area contributed by atoms with Crippen LogP contribution >= 0.6 is 11.8 Å². The molecule has 2 rings (SSSR count). The zero-order chi connectivity index (χ0) is 16.8. The lowest BCUT2D eigenvalue weighted by Crippen LogP contribution is -2.46. The van der Waals surface area contributed by atoms with Gasteiger partial charge in [-0.05, 0) is 37.5 Å². The number of hydrogen-bond donors (Lipinski definition) is 1. The molecule has 0 spiro atoms. The maximum atomic E-state index is 12.5. The number of nitrogens with zero attached hydrogens (tertiary/aromatic N) is 1. The van der Waals surface area contributed by atoms with Crippen molar-refractivity contribution in [2.75, 3.05) is 20.2 Å². The van der Waals surface area contributed by atoms with E-state index in [1.165, 1.54) is 0 Å². The van der Waals surface area contributed by atoms with Gasteiger partial charge in [0.25, 0.3) is 0 Å². The highest BCUT2D eigenvalue weighted by Crippen LogP contribution is 2.24. The summed E-state index contributed by atoms with van der Waals surface area (Å²) in [6.07, 6.45) is 1.62. The Morgan fingerprint density at radius 1 is 1.48 bits per heavy atom. The minimum absolute atomic E-state index is 0.0869. The van der Waals surface area contributed by atoms with Gasteiger partial charge < -0.3 is 15.4 Å². The van der Waals surface area contributed by atoms with Crippen molar-refractivity contribution in [3.63, 3.8) is 0 Å². The van der Waals surface area contributed by atoms with Crippen LogP contribution in [-0.2, 0) is 15.3 Å². The van der Waals surface area contributed by atoms with Crippen molar-refractivity contribution >= 4 is 23.6 Å². The van der Waals surface area contributed by atoms with Gasteiger partial charge in [0.05, 0.1) is 18.3 Å². The Morgan fingerprint density at radius 2 is 2.26 bits per heavy atom. The number of amides is 2. The number of carbonyl (C=O) groups is 2. The van der Waals surface area contributed by atoms with E-state index in [-0.39, 0.29) is 23.0 Å². The molecule has 2 N–H and O–H groups in total. The topological polar surface area (TPSA) is 72.6 Å². The summed E-state index contributed by atoms with van der Waals surface area (Å²) in [5.74, 6) is 1.14. The van der Waals surface area contributed by atoms with Gasteiger partial charge in [0.15, 0.2) is 0 Å². The van der Waals surface area contributed by atoms with Gasteiger partial charge in [0, 0.05) is 18.8 Å². The second-order valence-corrected chi connectivity index (χ2v) is 7.16. The Labute approximate surface area is 141 Å². The van der Waals surface area contributed by atoms with E-state index in [0.29, 0.717) is 13.1 Å². The molecule has 1 aliphatic heterocycles. The lowest BCUT2D eigenvalue weighted by atomic mass is 9.97. The average Bonchev–Trinajstić information content (AvgIpc) is 2.59. The number of likely N-dealkylation sites (tertiary alicyclic amines) is 1. The van der Waals surface area contributed by atoms with Crippen LogP contribution in [-0.4, -0.2) is 42.2 Å². The van der Waals surface area contributed by atoms with E-state index >= 15 is 0 Å². The third-order valence-electron chi connectivity index (χ3n) is 4.12. The highest BCUT2D eigenvalue weighted by Gasteiger charge is 2.29. The summed E-state index contributed by atoms with van der Waals surface area (Å²) >= 11 is 1.60. The molecule has 126 valence electrons. The van der Waals surface area contributed by atoms with Crippen LogP contribution in [0.25, 0.3) is 0 Å². The van der Waals surface area contributed by atoms with Crippen molar-refractivity contribution in [1.82, 2.24) is 4.90 Å². The van der Waals surface area contributed by atoms with Crippen molar-refractivity contribution in [3.8, 4) is 5.75 Å². The van der Waals surface area contributed by atoms with E-state index in [9.17, 15) is 9.59 Å². The summed E-state index contributed by atoms with van der Waals surface area (Å²) in [6, 6.07) is 7.86. The molecule has 0 saturated carbocycles. The number of piperidine rings is 1. The van der Waals surface area contributed by atoms with Crippen molar-refractivity contribution in [1.29, 1.82) is 0 Å². The molecule has 1 heterocycles. The minimum Gasteiger partial charge on any atom is -0.497 e. The van der Waals surface area contributed by atoms with Crippen molar-refractivity contribution in [2.24, 2.45) is 11.7 Å². The number of nitrogens with two attached hydrogens (primary N) is 1. The Kier molecular flexibility index (Phi) is 6.33. The first kappa shape index (κ1) is 17.7. The van der Waals surface area contributed by atoms with Crippen LogP contribution in [0.4, 0.5) is 0 Å². The molecule has 0 aromatic heterocycles. The fourth-order valence-corrected chi connectivity index (χ4v) is 3.64. The summed E-state index contributed by atoms with van der Waals surface area (Å²) in [5, 5.41) is -0.146. The number of methoxy groups -OCH3 is 1. The third-order valence-corrected chi connectivity index (χ3v) is 5.32. The lowest BCUT2D eigenvalue weighted by Gasteiger charge is -2.32. The van der Waals surface area contributed by atoms with Gasteiger partial charge in [-0.15, -0.1) is 11.8 Å². The predicted octanol–water partition coefficient (Wildman–Crippen LogP) is 2.04. The quantitative estimate of drug-likeness (QED) is 0.863.